The summed E-state index contributed by atoms with van der Waals surface area (Å²) in [4.78, 5) is 24.4. The van der Waals surface area contributed by atoms with E-state index < -0.39 is 12.1 Å². The molecule has 2 N–H and O–H groups in total. The number of benzene rings is 2. The average Bonchev–Trinajstić information content (AvgIpc) is 2.58. The van der Waals surface area contributed by atoms with Crippen molar-refractivity contribution in [3.05, 3.63) is 70.2 Å². The largest absolute Gasteiger partial charge is 0.445 e. The van der Waals surface area contributed by atoms with Crippen LogP contribution in [0.5, 0.6) is 0 Å². The lowest BCUT2D eigenvalue weighted by Gasteiger charge is -2.16. The number of carbonyl (C=O) groups is 2. The number of ether oxygens (including phenoxy) is 1. The number of amides is 1. The molecule has 24 heavy (non-hydrogen) atoms. The highest BCUT2D eigenvalue weighted by Gasteiger charge is 2.24. The molecule has 0 aliphatic carbocycles. The van der Waals surface area contributed by atoms with Crippen LogP contribution in [0.1, 0.15) is 22.8 Å². The van der Waals surface area contributed by atoms with E-state index in [0.29, 0.717) is 5.56 Å². The van der Waals surface area contributed by atoms with Crippen LogP contribution in [0.15, 0.2) is 59.1 Å². The fraction of sp³-hybridized carbons (Fsp3) is 0.167. The standard InChI is InChI=1S/C18H17BrN2O3/c1-12(20)16(17(22)14-7-9-15(19)10-8-14)21-18(23)24-11-13-5-3-2-4-6-13/h2-10,16,20H,11H2,1H3,(H,21,23). The van der Waals surface area contributed by atoms with Crippen LogP contribution in [-0.2, 0) is 11.3 Å². The third-order valence-corrected chi connectivity index (χ3v) is 3.83. The Bertz CT molecular complexity index is 730. The molecule has 0 aromatic heterocycles. The molecule has 5 nitrogen and oxygen atoms in total. The highest BCUT2D eigenvalue weighted by Crippen LogP contribution is 2.12. The van der Waals surface area contributed by atoms with Crippen molar-refractivity contribution in [2.75, 3.05) is 0 Å². The number of carbonyl (C=O) groups excluding carboxylic acids is 2. The minimum atomic E-state index is -1.05. The first-order valence-corrected chi connectivity index (χ1v) is 8.08. The quantitative estimate of drug-likeness (QED) is 0.580. The summed E-state index contributed by atoms with van der Waals surface area (Å²) in [5.74, 6) is -0.355. The Labute approximate surface area is 148 Å². The Morgan fingerprint density at radius 3 is 2.33 bits per heavy atom. The van der Waals surface area contributed by atoms with E-state index in [1.807, 2.05) is 30.3 Å². The van der Waals surface area contributed by atoms with Crippen LogP contribution >= 0.6 is 15.9 Å². The zero-order valence-corrected chi connectivity index (χ0v) is 14.7. The molecule has 1 unspecified atom stereocenters. The molecule has 0 spiro atoms. The van der Waals surface area contributed by atoms with Gasteiger partial charge in [0.2, 0.25) is 0 Å². The topological polar surface area (TPSA) is 79.2 Å². The fourth-order valence-electron chi connectivity index (χ4n) is 2.03. The van der Waals surface area contributed by atoms with Crippen molar-refractivity contribution in [2.45, 2.75) is 19.6 Å². The van der Waals surface area contributed by atoms with Gasteiger partial charge in [-0.15, -0.1) is 0 Å². The van der Waals surface area contributed by atoms with E-state index in [9.17, 15) is 9.59 Å². The minimum absolute atomic E-state index is 0.0413. The first-order valence-electron chi connectivity index (χ1n) is 7.29. The lowest BCUT2D eigenvalue weighted by Crippen LogP contribution is -2.45. The summed E-state index contributed by atoms with van der Waals surface area (Å²) in [7, 11) is 0. The predicted molar refractivity (Wildman–Crippen MR) is 95.4 cm³/mol. The number of hydrogen-bond acceptors (Lipinski definition) is 4. The Morgan fingerprint density at radius 1 is 1.12 bits per heavy atom. The van der Waals surface area contributed by atoms with Crippen LogP contribution in [0.4, 0.5) is 4.79 Å². The molecule has 0 bridgehead atoms. The highest BCUT2D eigenvalue weighted by atomic mass is 79.9. The van der Waals surface area contributed by atoms with Crippen molar-refractivity contribution in [3.63, 3.8) is 0 Å². The van der Waals surface area contributed by atoms with E-state index in [2.05, 4.69) is 21.2 Å². The van der Waals surface area contributed by atoms with Gasteiger partial charge in [-0.05, 0) is 24.6 Å². The van der Waals surface area contributed by atoms with Gasteiger partial charge in [-0.25, -0.2) is 4.79 Å². The van der Waals surface area contributed by atoms with Crippen LogP contribution in [0.25, 0.3) is 0 Å². The highest BCUT2D eigenvalue weighted by molar-refractivity contribution is 9.10. The lowest BCUT2D eigenvalue weighted by molar-refractivity contribution is 0.0949. The van der Waals surface area contributed by atoms with Gasteiger partial charge in [-0.2, -0.15) is 0 Å². The first-order chi connectivity index (χ1) is 11.5. The van der Waals surface area contributed by atoms with Crippen LogP contribution in [0, 0.1) is 5.41 Å². The molecule has 2 rings (SSSR count). The molecule has 0 fully saturated rings. The van der Waals surface area contributed by atoms with Gasteiger partial charge < -0.3 is 15.5 Å². The number of hydrogen-bond donors (Lipinski definition) is 2. The van der Waals surface area contributed by atoms with Gasteiger partial charge in [0.25, 0.3) is 0 Å². The number of rotatable bonds is 6. The molecule has 2 aromatic carbocycles. The second-order valence-electron chi connectivity index (χ2n) is 5.19. The molecule has 0 saturated carbocycles. The van der Waals surface area contributed by atoms with E-state index in [0.717, 1.165) is 10.0 Å². The van der Waals surface area contributed by atoms with Gasteiger partial charge >= 0.3 is 6.09 Å². The number of alkyl carbamates (subject to hydrolysis) is 1. The van der Waals surface area contributed by atoms with Crippen molar-refractivity contribution in [2.24, 2.45) is 0 Å². The van der Waals surface area contributed by atoms with E-state index >= 15 is 0 Å². The molecular formula is C18H17BrN2O3. The normalized spacial score (nSPS) is 11.4. The number of ketones is 1. The molecule has 0 radical (unpaired) electrons. The zero-order chi connectivity index (χ0) is 17.5. The molecule has 0 saturated heterocycles. The molecule has 0 heterocycles. The van der Waals surface area contributed by atoms with Crippen LogP contribution in [0.2, 0.25) is 0 Å². The predicted octanol–water partition coefficient (Wildman–Crippen LogP) is 3.97. The smallest absolute Gasteiger partial charge is 0.408 e. The summed E-state index contributed by atoms with van der Waals surface area (Å²) in [6, 6.07) is 14.9. The molecule has 2 aromatic rings. The van der Waals surface area contributed by atoms with E-state index in [1.165, 1.54) is 6.92 Å². The third kappa shape index (κ3) is 5.03. The number of Topliss-reactive ketones (excluding diaryl/α,β-unsaturated/α-hetero) is 1. The zero-order valence-electron chi connectivity index (χ0n) is 13.1. The van der Waals surface area contributed by atoms with Gasteiger partial charge in [0.15, 0.2) is 5.78 Å². The maximum absolute atomic E-state index is 12.5. The Kier molecular flexibility index (Phi) is 6.26. The molecular weight excluding hydrogens is 372 g/mol. The van der Waals surface area contributed by atoms with Crippen molar-refractivity contribution in [1.82, 2.24) is 5.32 Å². The Balaban J connectivity index is 2.00. The van der Waals surface area contributed by atoms with E-state index in [-0.39, 0.29) is 18.1 Å². The fourth-order valence-corrected chi connectivity index (χ4v) is 2.30. The molecule has 124 valence electrons. The van der Waals surface area contributed by atoms with E-state index in [1.54, 1.807) is 24.3 Å². The second kappa shape index (κ2) is 8.40. The molecule has 0 aliphatic heterocycles. The SMILES string of the molecule is CC(=N)C(NC(=O)OCc1ccccc1)C(=O)c1ccc(Br)cc1. The summed E-state index contributed by atoms with van der Waals surface area (Å²) in [5, 5.41) is 10.2. The summed E-state index contributed by atoms with van der Waals surface area (Å²) in [6.45, 7) is 1.57. The van der Waals surface area contributed by atoms with Crippen molar-refractivity contribution >= 4 is 33.5 Å². The maximum atomic E-state index is 12.5. The van der Waals surface area contributed by atoms with Gasteiger partial charge in [0, 0.05) is 15.7 Å². The number of halogens is 1. The van der Waals surface area contributed by atoms with Crippen LogP contribution in [-0.4, -0.2) is 23.6 Å². The molecule has 1 amide bonds. The average molecular weight is 389 g/mol. The maximum Gasteiger partial charge on any atom is 0.408 e. The van der Waals surface area contributed by atoms with E-state index in [4.69, 9.17) is 10.1 Å². The van der Waals surface area contributed by atoms with Crippen LogP contribution in [0.3, 0.4) is 0 Å². The molecule has 1 atom stereocenters. The van der Waals surface area contributed by atoms with Gasteiger partial charge in [0.05, 0.1) is 0 Å². The minimum Gasteiger partial charge on any atom is -0.445 e. The van der Waals surface area contributed by atoms with Crippen molar-refractivity contribution < 1.29 is 14.3 Å². The van der Waals surface area contributed by atoms with Gasteiger partial charge in [-0.1, -0.05) is 58.4 Å². The number of nitrogens with one attached hydrogen (secondary N) is 2. The summed E-state index contributed by atoms with van der Waals surface area (Å²) >= 11 is 3.30. The summed E-state index contributed by atoms with van der Waals surface area (Å²) < 4.78 is 5.95. The summed E-state index contributed by atoms with van der Waals surface area (Å²) in [5.41, 5.74) is 1.30. The second-order valence-corrected chi connectivity index (χ2v) is 6.11. The monoisotopic (exact) mass is 388 g/mol. The van der Waals surface area contributed by atoms with Crippen molar-refractivity contribution in [3.8, 4) is 0 Å². The Morgan fingerprint density at radius 2 is 1.75 bits per heavy atom. The Hall–Kier alpha value is -2.47. The third-order valence-electron chi connectivity index (χ3n) is 3.30. The van der Waals surface area contributed by atoms with Gasteiger partial charge in [-0.3, -0.25) is 4.79 Å². The van der Waals surface area contributed by atoms with Crippen LogP contribution < -0.4 is 5.32 Å². The molecule has 0 aliphatic rings. The van der Waals surface area contributed by atoms with Crippen molar-refractivity contribution in [1.29, 1.82) is 5.41 Å². The lowest BCUT2D eigenvalue weighted by atomic mass is 10.0. The first kappa shape index (κ1) is 17.9. The summed E-state index contributed by atoms with van der Waals surface area (Å²) in [6.07, 6.45) is -0.735. The van der Waals surface area contributed by atoms with Gasteiger partial charge in [0.1, 0.15) is 12.6 Å². The molecule has 6 heteroatoms.